The Morgan fingerprint density at radius 1 is 1.32 bits per heavy atom. The second-order valence-electron chi connectivity index (χ2n) is 10.7. The molecule has 0 radical (unpaired) electrons. The van der Waals surface area contributed by atoms with Crippen molar-refractivity contribution in [2.24, 2.45) is 0 Å². The van der Waals surface area contributed by atoms with Crippen LogP contribution in [0.3, 0.4) is 0 Å². The molecule has 3 N–H and O–H groups in total. The number of nitrogens with one attached hydrogen (secondary N) is 3. The van der Waals surface area contributed by atoms with E-state index >= 15 is 4.39 Å². The van der Waals surface area contributed by atoms with E-state index in [2.05, 4.69) is 30.7 Å². The van der Waals surface area contributed by atoms with Crippen LogP contribution in [-0.4, -0.2) is 79.7 Å². The maximum Gasteiger partial charge on any atom is 0.407 e. The second kappa shape index (κ2) is 9.56. The van der Waals surface area contributed by atoms with E-state index in [-0.39, 0.29) is 5.54 Å². The average Bonchev–Trinajstić information content (AvgIpc) is 3.22. The number of nitrogens with zero attached hydrogens (tertiary/aromatic N) is 5. The topological polar surface area (TPSA) is 122 Å². The molecule has 3 aromatic heterocycles. The molecule has 6 rings (SSSR count). The number of aromatic nitrogens is 5. The van der Waals surface area contributed by atoms with Crippen LogP contribution in [0.15, 0.2) is 24.5 Å². The highest BCUT2D eigenvalue weighted by atomic mass is 19.1. The van der Waals surface area contributed by atoms with Gasteiger partial charge in [0.2, 0.25) is 5.95 Å². The smallest absolute Gasteiger partial charge is 0.407 e. The fourth-order valence-electron chi connectivity index (χ4n) is 5.23. The number of anilines is 2. The molecule has 0 bridgehead atoms. The Hall–Kier alpha value is -3.25. The first-order valence-electron chi connectivity index (χ1n) is 12.9. The van der Waals surface area contributed by atoms with E-state index in [1.807, 2.05) is 23.6 Å². The highest BCUT2D eigenvalue weighted by Crippen LogP contribution is 2.39. The van der Waals surface area contributed by atoms with Crippen LogP contribution < -0.4 is 10.6 Å². The van der Waals surface area contributed by atoms with Crippen molar-refractivity contribution in [2.45, 2.75) is 75.3 Å². The molecular weight excluding hydrogens is 479 g/mol. The quantitative estimate of drug-likeness (QED) is 0.399. The lowest BCUT2D eigenvalue weighted by Gasteiger charge is -2.40. The van der Waals surface area contributed by atoms with Crippen molar-refractivity contribution in [3.63, 3.8) is 0 Å². The Labute approximate surface area is 214 Å². The highest BCUT2D eigenvalue weighted by Gasteiger charge is 2.43. The van der Waals surface area contributed by atoms with Gasteiger partial charge in [-0.15, -0.1) is 0 Å². The number of likely N-dealkylation sites (tertiary alicyclic amines) is 1. The van der Waals surface area contributed by atoms with Crippen LogP contribution in [0.5, 0.6) is 0 Å². The van der Waals surface area contributed by atoms with Crippen molar-refractivity contribution in [3.8, 4) is 0 Å². The number of H-pyrrole nitrogens is 1. The van der Waals surface area contributed by atoms with Crippen LogP contribution >= 0.6 is 0 Å². The predicted molar refractivity (Wildman–Crippen MR) is 133 cm³/mol. The molecule has 1 aliphatic heterocycles. The molecule has 0 aromatic carbocycles. The Balaban J connectivity index is 1.10. The standard InChI is InChI=1S/C25H33FN8O3/c1-25(7-8-25)30-24(35)37-19-4-3-17(22(19)26)18-11-20(32-31-18)29-23-27-9-5-21-28-15(13-34(21)23)12-33-10-6-16(33)14-36-2/h5,9,11,13,16-17,19,22H,3-4,6-8,10,12,14H2,1-2H3,(H,30,35)(H2,27,29,31,32)/t16?,17-,19-,22-/m1/s1. The molecule has 2 aliphatic carbocycles. The Kier molecular flexibility index (Phi) is 6.23. The molecule has 3 aliphatic rings. The molecule has 37 heavy (non-hydrogen) atoms. The van der Waals surface area contributed by atoms with Crippen LogP contribution in [-0.2, 0) is 16.0 Å². The van der Waals surface area contributed by atoms with Gasteiger partial charge >= 0.3 is 6.09 Å². The summed E-state index contributed by atoms with van der Waals surface area (Å²) in [6.45, 7) is 4.47. The number of carbonyl (C=O) groups is 1. The molecule has 3 fully saturated rings. The molecule has 1 saturated heterocycles. The van der Waals surface area contributed by atoms with Gasteiger partial charge in [-0.1, -0.05) is 0 Å². The van der Waals surface area contributed by atoms with Crippen LogP contribution in [0, 0.1) is 0 Å². The lowest BCUT2D eigenvalue weighted by Crippen LogP contribution is -2.49. The third-order valence-corrected chi connectivity index (χ3v) is 7.82. The number of carbonyl (C=O) groups excluding carboxylic acids is 1. The van der Waals surface area contributed by atoms with Crippen LogP contribution in [0.4, 0.5) is 21.0 Å². The number of alkyl carbamates (subject to hydrolysis) is 1. The van der Waals surface area contributed by atoms with Gasteiger partial charge < -0.3 is 20.1 Å². The number of hydrogen-bond donors (Lipinski definition) is 3. The van der Waals surface area contributed by atoms with Crippen molar-refractivity contribution in [2.75, 3.05) is 25.6 Å². The molecule has 4 atom stereocenters. The summed E-state index contributed by atoms with van der Waals surface area (Å²) in [5, 5.41) is 13.3. The Morgan fingerprint density at radius 3 is 2.95 bits per heavy atom. The largest absolute Gasteiger partial charge is 0.443 e. The SMILES string of the molecule is COCC1CCN1Cc1cn2c(Nc3cc([C@H]4CC[C@@H](OC(=O)NC5(C)CC5)[C@@H]4F)[nH]n3)nccc2n1. The first kappa shape index (κ1) is 24.1. The van der Waals surface area contributed by atoms with Crippen molar-refractivity contribution in [3.05, 3.63) is 35.9 Å². The minimum atomic E-state index is -1.30. The van der Waals surface area contributed by atoms with Gasteiger partial charge in [0, 0.05) is 61.9 Å². The summed E-state index contributed by atoms with van der Waals surface area (Å²) in [5.41, 5.74) is 2.21. The first-order valence-corrected chi connectivity index (χ1v) is 12.9. The lowest BCUT2D eigenvalue weighted by atomic mass is 10.0. The number of methoxy groups -OCH3 is 1. The summed E-state index contributed by atoms with van der Waals surface area (Å²) in [4.78, 5) is 23.7. The maximum atomic E-state index is 15.2. The Morgan fingerprint density at radius 2 is 2.19 bits per heavy atom. The van der Waals surface area contributed by atoms with Crippen LogP contribution in [0.25, 0.3) is 5.65 Å². The first-order chi connectivity index (χ1) is 17.9. The number of alkyl halides is 1. The lowest BCUT2D eigenvalue weighted by molar-refractivity contribution is 0.0171. The number of rotatable bonds is 9. The van der Waals surface area contributed by atoms with Gasteiger partial charge in [-0.05, 0) is 45.1 Å². The normalized spacial score (nSPS) is 26.7. The van der Waals surface area contributed by atoms with Crippen LogP contribution in [0.2, 0.25) is 0 Å². The molecular formula is C25H33FN8O3. The summed E-state index contributed by atoms with van der Waals surface area (Å²) in [7, 11) is 1.73. The third-order valence-electron chi connectivity index (χ3n) is 7.82. The van der Waals surface area contributed by atoms with Gasteiger partial charge in [0.15, 0.2) is 5.82 Å². The van der Waals surface area contributed by atoms with Gasteiger partial charge in [-0.25, -0.2) is 19.2 Å². The van der Waals surface area contributed by atoms with Crippen LogP contribution in [0.1, 0.15) is 56.3 Å². The molecule has 1 unspecified atom stereocenters. The van der Waals surface area contributed by atoms with E-state index < -0.39 is 24.3 Å². The maximum absolute atomic E-state index is 15.2. The Bertz CT molecular complexity index is 1270. The predicted octanol–water partition coefficient (Wildman–Crippen LogP) is 3.28. The zero-order chi connectivity index (χ0) is 25.6. The monoisotopic (exact) mass is 512 g/mol. The van der Waals surface area contributed by atoms with Crippen molar-refractivity contribution in [1.82, 2.24) is 34.8 Å². The molecule has 0 spiro atoms. The average molecular weight is 513 g/mol. The van der Waals surface area contributed by atoms with E-state index in [9.17, 15) is 4.79 Å². The fraction of sp³-hybridized carbons (Fsp3) is 0.600. The van der Waals surface area contributed by atoms with Crippen molar-refractivity contribution >= 4 is 23.5 Å². The third kappa shape index (κ3) is 4.99. The summed E-state index contributed by atoms with van der Waals surface area (Å²) in [5.74, 6) is 0.683. The minimum absolute atomic E-state index is 0.195. The molecule has 2 saturated carbocycles. The van der Waals surface area contributed by atoms with E-state index in [1.54, 1.807) is 19.4 Å². The number of hydrogen-bond acceptors (Lipinski definition) is 8. The number of imidazole rings is 1. The molecule has 11 nitrogen and oxygen atoms in total. The summed E-state index contributed by atoms with van der Waals surface area (Å²) in [6, 6.07) is 4.09. The fourth-order valence-corrected chi connectivity index (χ4v) is 5.23. The zero-order valence-electron chi connectivity index (χ0n) is 21.1. The van der Waals surface area contributed by atoms with Gasteiger partial charge in [0.25, 0.3) is 0 Å². The minimum Gasteiger partial charge on any atom is -0.443 e. The van der Waals surface area contributed by atoms with E-state index in [0.717, 1.165) is 50.3 Å². The summed E-state index contributed by atoms with van der Waals surface area (Å²) >= 11 is 0. The molecule has 12 heteroatoms. The second-order valence-corrected chi connectivity index (χ2v) is 10.7. The number of halogens is 1. The molecule has 1 amide bonds. The number of ether oxygens (including phenoxy) is 2. The van der Waals surface area contributed by atoms with Gasteiger partial charge in [0.1, 0.15) is 17.9 Å². The van der Waals surface area contributed by atoms with Gasteiger partial charge in [-0.3, -0.25) is 14.4 Å². The number of amides is 1. The van der Waals surface area contributed by atoms with E-state index in [0.29, 0.717) is 36.3 Å². The molecule has 3 aromatic rings. The van der Waals surface area contributed by atoms with Crippen molar-refractivity contribution in [1.29, 1.82) is 0 Å². The number of aromatic amines is 1. The number of fused-ring (bicyclic) bond motifs is 1. The highest BCUT2D eigenvalue weighted by molar-refractivity contribution is 5.69. The van der Waals surface area contributed by atoms with E-state index in [4.69, 9.17) is 14.5 Å². The van der Waals surface area contributed by atoms with Crippen molar-refractivity contribution < 1.29 is 18.7 Å². The van der Waals surface area contributed by atoms with Gasteiger partial charge in [0.05, 0.1) is 12.3 Å². The summed E-state index contributed by atoms with van der Waals surface area (Å²) in [6.07, 6.45) is 5.10. The van der Waals surface area contributed by atoms with E-state index in [1.165, 1.54) is 0 Å². The molecule has 198 valence electrons. The molecule has 4 heterocycles. The van der Waals surface area contributed by atoms with Gasteiger partial charge in [-0.2, -0.15) is 5.10 Å². The zero-order valence-corrected chi connectivity index (χ0v) is 21.1. The summed E-state index contributed by atoms with van der Waals surface area (Å²) < 4.78 is 27.8.